The Hall–Kier alpha value is -1.52. The average molecular weight is 338 g/mol. The SMILES string of the molecule is CNCc1cc(OCc2ccccc2)n(CCC(C)(C)C)n1.Cl. The van der Waals surface area contributed by atoms with Crippen molar-refractivity contribution in [2.24, 2.45) is 5.41 Å². The first kappa shape index (κ1) is 19.5. The number of rotatable bonds is 7. The molecule has 2 aromatic rings. The number of ether oxygens (including phenoxy) is 1. The largest absolute Gasteiger partial charge is 0.473 e. The van der Waals surface area contributed by atoms with Crippen molar-refractivity contribution in [2.75, 3.05) is 7.05 Å². The molecule has 128 valence electrons. The van der Waals surface area contributed by atoms with Crippen molar-refractivity contribution < 1.29 is 4.74 Å². The van der Waals surface area contributed by atoms with Crippen LogP contribution in [0.15, 0.2) is 36.4 Å². The van der Waals surface area contributed by atoms with Crippen LogP contribution in [0.2, 0.25) is 0 Å². The fourth-order valence-electron chi connectivity index (χ4n) is 2.17. The number of benzene rings is 1. The number of aromatic nitrogens is 2. The molecule has 0 aliphatic rings. The van der Waals surface area contributed by atoms with E-state index in [0.29, 0.717) is 6.61 Å². The van der Waals surface area contributed by atoms with Gasteiger partial charge in [-0.25, -0.2) is 4.68 Å². The third kappa shape index (κ3) is 6.63. The summed E-state index contributed by atoms with van der Waals surface area (Å²) in [5, 5.41) is 7.78. The minimum absolute atomic E-state index is 0. The molecule has 0 spiro atoms. The van der Waals surface area contributed by atoms with Gasteiger partial charge in [0.05, 0.1) is 5.69 Å². The summed E-state index contributed by atoms with van der Waals surface area (Å²) in [5.74, 6) is 0.846. The number of halogens is 1. The van der Waals surface area contributed by atoms with Crippen LogP contribution < -0.4 is 10.1 Å². The second-order valence-electron chi connectivity index (χ2n) is 6.81. The van der Waals surface area contributed by atoms with Gasteiger partial charge in [-0.05, 0) is 24.4 Å². The Kier molecular flexibility index (Phi) is 7.59. The summed E-state index contributed by atoms with van der Waals surface area (Å²) in [5.41, 5.74) is 2.46. The van der Waals surface area contributed by atoms with E-state index in [9.17, 15) is 0 Å². The van der Waals surface area contributed by atoms with Crippen molar-refractivity contribution in [1.29, 1.82) is 0 Å². The van der Waals surface area contributed by atoms with Gasteiger partial charge in [-0.15, -0.1) is 12.4 Å². The predicted octanol–water partition coefficient (Wildman–Crippen LogP) is 4.04. The van der Waals surface area contributed by atoms with Crippen LogP contribution in [-0.4, -0.2) is 16.8 Å². The highest BCUT2D eigenvalue weighted by Crippen LogP contribution is 2.22. The molecule has 5 heteroatoms. The molecule has 1 aromatic heterocycles. The van der Waals surface area contributed by atoms with E-state index in [1.165, 1.54) is 5.56 Å². The molecule has 2 rings (SSSR count). The molecule has 0 aliphatic heterocycles. The zero-order chi connectivity index (χ0) is 16.0. The summed E-state index contributed by atoms with van der Waals surface area (Å²) >= 11 is 0. The third-order valence-corrected chi connectivity index (χ3v) is 3.45. The molecular formula is C18H28ClN3O. The molecule has 23 heavy (non-hydrogen) atoms. The van der Waals surface area contributed by atoms with Crippen molar-refractivity contribution in [3.63, 3.8) is 0 Å². The molecule has 0 unspecified atom stereocenters. The predicted molar refractivity (Wildman–Crippen MR) is 97.1 cm³/mol. The van der Waals surface area contributed by atoms with E-state index in [4.69, 9.17) is 4.74 Å². The van der Waals surface area contributed by atoms with Gasteiger partial charge < -0.3 is 10.1 Å². The number of hydrogen-bond donors (Lipinski definition) is 1. The van der Waals surface area contributed by atoms with E-state index in [2.05, 4.69) is 43.3 Å². The topological polar surface area (TPSA) is 39.1 Å². The highest BCUT2D eigenvalue weighted by molar-refractivity contribution is 5.85. The van der Waals surface area contributed by atoms with Crippen LogP contribution >= 0.6 is 12.4 Å². The van der Waals surface area contributed by atoms with E-state index in [-0.39, 0.29) is 17.8 Å². The maximum atomic E-state index is 5.99. The highest BCUT2D eigenvalue weighted by atomic mass is 35.5. The van der Waals surface area contributed by atoms with Crippen molar-refractivity contribution >= 4 is 12.4 Å². The van der Waals surface area contributed by atoms with Crippen molar-refractivity contribution in [2.45, 2.75) is 46.9 Å². The Morgan fingerprint density at radius 3 is 2.48 bits per heavy atom. The molecule has 0 radical (unpaired) electrons. The summed E-state index contributed by atoms with van der Waals surface area (Å²) in [6.45, 7) is 8.93. The Balaban J connectivity index is 0.00000264. The standard InChI is InChI=1S/C18H27N3O.ClH/c1-18(2,3)10-11-21-17(12-16(20-21)13-19-4)22-14-15-8-6-5-7-9-15;/h5-9,12,19H,10-11,13-14H2,1-4H3;1H. The molecule has 0 bridgehead atoms. The summed E-state index contributed by atoms with van der Waals surface area (Å²) in [6, 6.07) is 12.3. The number of aryl methyl sites for hydroxylation is 1. The molecule has 0 fully saturated rings. The molecule has 4 nitrogen and oxygen atoms in total. The van der Waals surface area contributed by atoms with Gasteiger partial charge in [0.2, 0.25) is 5.88 Å². The van der Waals surface area contributed by atoms with Crippen LogP contribution in [0.5, 0.6) is 5.88 Å². The second kappa shape index (κ2) is 8.94. The lowest BCUT2D eigenvalue weighted by Gasteiger charge is -2.18. The van der Waals surface area contributed by atoms with Gasteiger partial charge in [0, 0.05) is 19.2 Å². The van der Waals surface area contributed by atoms with Crippen LogP contribution in [0.3, 0.4) is 0 Å². The maximum Gasteiger partial charge on any atom is 0.212 e. The molecule has 0 aliphatic carbocycles. The molecular weight excluding hydrogens is 310 g/mol. The highest BCUT2D eigenvalue weighted by Gasteiger charge is 2.14. The lowest BCUT2D eigenvalue weighted by molar-refractivity contribution is 0.258. The zero-order valence-electron chi connectivity index (χ0n) is 14.5. The number of hydrogen-bond acceptors (Lipinski definition) is 3. The van der Waals surface area contributed by atoms with E-state index in [0.717, 1.165) is 31.1 Å². The molecule has 0 amide bonds. The van der Waals surface area contributed by atoms with Crippen molar-refractivity contribution in [1.82, 2.24) is 15.1 Å². The summed E-state index contributed by atoms with van der Waals surface area (Å²) in [7, 11) is 1.93. The monoisotopic (exact) mass is 337 g/mol. The number of nitrogens with zero attached hydrogens (tertiary/aromatic N) is 2. The summed E-state index contributed by atoms with van der Waals surface area (Å²) in [4.78, 5) is 0. The van der Waals surface area contributed by atoms with Crippen LogP contribution in [0.25, 0.3) is 0 Å². The molecule has 1 heterocycles. The second-order valence-corrected chi connectivity index (χ2v) is 6.81. The van der Waals surface area contributed by atoms with Gasteiger partial charge >= 0.3 is 0 Å². The first-order valence-electron chi connectivity index (χ1n) is 7.86. The lowest BCUT2D eigenvalue weighted by atomic mass is 9.92. The molecule has 1 aromatic carbocycles. The Morgan fingerprint density at radius 1 is 1.17 bits per heavy atom. The molecule has 1 N–H and O–H groups in total. The maximum absolute atomic E-state index is 5.99. The normalized spacial score (nSPS) is 11.1. The lowest BCUT2D eigenvalue weighted by Crippen LogP contribution is -2.13. The summed E-state index contributed by atoms with van der Waals surface area (Å²) in [6.07, 6.45) is 1.06. The minimum atomic E-state index is 0. The van der Waals surface area contributed by atoms with E-state index in [1.807, 2.05) is 36.0 Å². The molecule has 0 atom stereocenters. The third-order valence-electron chi connectivity index (χ3n) is 3.45. The molecule has 0 saturated carbocycles. The average Bonchev–Trinajstić information content (AvgIpc) is 2.86. The smallest absolute Gasteiger partial charge is 0.212 e. The summed E-state index contributed by atoms with van der Waals surface area (Å²) < 4.78 is 7.98. The van der Waals surface area contributed by atoms with Gasteiger partial charge in [0.1, 0.15) is 6.61 Å². The Bertz CT molecular complexity index is 576. The van der Waals surface area contributed by atoms with Gasteiger partial charge in [0.25, 0.3) is 0 Å². The Morgan fingerprint density at radius 2 is 1.87 bits per heavy atom. The zero-order valence-corrected chi connectivity index (χ0v) is 15.3. The van der Waals surface area contributed by atoms with Gasteiger partial charge in [-0.2, -0.15) is 5.10 Å². The van der Waals surface area contributed by atoms with E-state index >= 15 is 0 Å². The van der Waals surface area contributed by atoms with Crippen LogP contribution in [0, 0.1) is 5.41 Å². The molecule has 0 saturated heterocycles. The first-order chi connectivity index (χ1) is 10.5. The van der Waals surface area contributed by atoms with Crippen LogP contribution in [0.1, 0.15) is 38.4 Å². The number of nitrogens with one attached hydrogen (secondary N) is 1. The van der Waals surface area contributed by atoms with Crippen LogP contribution in [-0.2, 0) is 19.7 Å². The van der Waals surface area contributed by atoms with Crippen LogP contribution in [0.4, 0.5) is 0 Å². The van der Waals surface area contributed by atoms with Gasteiger partial charge in [-0.1, -0.05) is 51.1 Å². The Labute approximate surface area is 145 Å². The van der Waals surface area contributed by atoms with Crippen molar-refractivity contribution in [3.8, 4) is 5.88 Å². The van der Waals surface area contributed by atoms with Crippen molar-refractivity contribution in [3.05, 3.63) is 47.7 Å². The van der Waals surface area contributed by atoms with E-state index < -0.39 is 0 Å². The van der Waals surface area contributed by atoms with Gasteiger partial charge in [0.15, 0.2) is 0 Å². The fraction of sp³-hybridized carbons (Fsp3) is 0.500. The fourth-order valence-corrected chi connectivity index (χ4v) is 2.17. The minimum Gasteiger partial charge on any atom is -0.473 e. The first-order valence-corrected chi connectivity index (χ1v) is 7.86. The van der Waals surface area contributed by atoms with E-state index in [1.54, 1.807) is 0 Å². The quantitative estimate of drug-likeness (QED) is 0.828. The van der Waals surface area contributed by atoms with Gasteiger partial charge in [-0.3, -0.25) is 0 Å².